The molecule has 2 N–H and O–H groups in total. The number of carbonyl (C=O) groups is 1. The number of aryl methyl sites for hydroxylation is 2. The molecule has 1 atom stereocenters. The Hall–Kier alpha value is -1.59. The number of benzene rings is 1. The number of rotatable bonds is 7. The van der Waals surface area contributed by atoms with E-state index in [2.05, 4.69) is 31.7 Å². The van der Waals surface area contributed by atoms with Crippen LogP contribution in [0.5, 0.6) is 5.75 Å². The SMILES string of the molecule is Cc1cc(C)cc(OCCN(C)C(=O)CN2CCC(C)(CN)C2)c1. The Kier molecular flexibility index (Phi) is 6.24. The van der Waals surface area contributed by atoms with Crippen molar-refractivity contribution in [3.8, 4) is 5.75 Å². The van der Waals surface area contributed by atoms with E-state index < -0.39 is 0 Å². The lowest BCUT2D eigenvalue weighted by Crippen LogP contribution is -2.40. The average Bonchev–Trinajstić information content (AvgIpc) is 2.88. The van der Waals surface area contributed by atoms with Crippen molar-refractivity contribution in [2.75, 3.05) is 46.4 Å². The summed E-state index contributed by atoms with van der Waals surface area (Å²) in [6, 6.07) is 6.16. The molecule has 0 saturated carbocycles. The van der Waals surface area contributed by atoms with Gasteiger partial charge in [-0.2, -0.15) is 0 Å². The van der Waals surface area contributed by atoms with Gasteiger partial charge in [0.05, 0.1) is 13.1 Å². The van der Waals surface area contributed by atoms with Crippen LogP contribution in [0.1, 0.15) is 24.5 Å². The molecule has 134 valence electrons. The normalized spacial score (nSPS) is 21.0. The molecule has 0 aliphatic carbocycles. The van der Waals surface area contributed by atoms with Gasteiger partial charge in [-0.15, -0.1) is 0 Å². The lowest BCUT2D eigenvalue weighted by Gasteiger charge is -2.24. The Morgan fingerprint density at radius 2 is 2.00 bits per heavy atom. The minimum atomic E-state index is 0.139. The van der Waals surface area contributed by atoms with Crippen molar-refractivity contribution in [3.05, 3.63) is 29.3 Å². The second-order valence-corrected chi connectivity index (χ2v) is 7.46. The van der Waals surface area contributed by atoms with Gasteiger partial charge in [0.1, 0.15) is 12.4 Å². The van der Waals surface area contributed by atoms with Gasteiger partial charge in [-0.25, -0.2) is 0 Å². The second-order valence-electron chi connectivity index (χ2n) is 7.46. The summed E-state index contributed by atoms with van der Waals surface area (Å²) >= 11 is 0. The summed E-state index contributed by atoms with van der Waals surface area (Å²) in [6.45, 7) is 10.4. The molecule has 1 aliphatic heterocycles. The summed E-state index contributed by atoms with van der Waals surface area (Å²) in [7, 11) is 1.84. The van der Waals surface area contributed by atoms with Crippen molar-refractivity contribution in [1.29, 1.82) is 0 Å². The second kappa shape index (κ2) is 7.99. The summed E-state index contributed by atoms with van der Waals surface area (Å²) in [5, 5.41) is 0. The quantitative estimate of drug-likeness (QED) is 0.827. The highest BCUT2D eigenvalue weighted by Crippen LogP contribution is 2.28. The van der Waals surface area contributed by atoms with Crippen LogP contribution in [0.15, 0.2) is 18.2 Å². The summed E-state index contributed by atoms with van der Waals surface area (Å²) < 4.78 is 5.78. The number of nitrogens with two attached hydrogens (primary N) is 1. The third-order valence-corrected chi connectivity index (χ3v) is 4.80. The highest BCUT2D eigenvalue weighted by molar-refractivity contribution is 5.78. The molecule has 5 nitrogen and oxygen atoms in total. The van der Waals surface area contributed by atoms with E-state index in [0.29, 0.717) is 26.2 Å². The Balaban J connectivity index is 1.74. The molecule has 0 aromatic heterocycles. The van der Waals surface area contributed by atoms with Crippen molar-refractivity contribution < 1.29 is 9.53 Å². The molecule has 1 fully saturated rings. The van der Waals surface area contributed by atoms with Gasteiger partial charge in [-0.1, -0.05) is 13.0 Å². The van der Waals surface area contributed by atoms with Gasteiger partial charge in [0, 0.05) is 13.6 Å². The highest BCUT2D eigenvalue weighted by Gasteiger charge is 2.33. The molecule has 1 aliphatic rings. The molecular weight excluding hydrogens is 302 g/mol. The van der Waals surface area contributed by atoms with E-state index in [1.54, 1.807) is 4.90 Å². The Bertz CT molecular complexity index is 555. The van der Waals surface area contributed by atoms with Gasteiger partial charge in [0.2, 0.25) is 5.91 Å². The average molecular weight is 333 g/mol. The topological polar surface area (TPSA) is 58.8 Å². The number of hydrogen-bond donors (Lipinski definition) is 1. The molecule has 1 heterocycles. The van der Waals surface area contributed by atoms with Crippen molar-refractivity contribution in [2.45, 2.75) is 27.2 Å². The zero-order valence-corrected chi connectivity index (χ0v) is 15.5. The number of carbonyl (C=O) groups excluding carboxylic acids is 1. The van der Waals surface area contributed by atoms with E-state index in [1.165, 1.54) is 11.1 Å². The molecule has 0 bridgehead atoms. The Morgan fingerprint density at radius 3 is 2.58 bits per heavy atom. The van der Waals surface area contributed by atoms with Crippen molar-refractivity contribution in [3.63, 3.8) is 0 Å². The number of ether oxygens (including phenoxy) is 1. The van der Waals surface area contributed by atoms with Gasteiger partial charge >= 0.3 is 0 Å². The largest absolute Gasteiger partial charge is 0.492 e. The van der Waals surface area contributed by atoms with Crippen molar-refractivity contribution in [2.24, 2.45) is 11.1 Å². The number of likely N-dealkylation sites (N-methyl/N-ethyl adjacent to an activating group) is 1. The molecule has 24 heavy (non-hydrogen) atoms. The van der Waals surface area contributed by atoms with Crippen LogP contribution >= 0.6 is 0 Å². The third-order valence-electron chi connectivity index (χ3n) is 4.80. The van der Waals surface area contributed by atoms with E-state index >= 15 is 0 Å². The number of nitrogens with zero attached hydrogens (tertiary/aromatic N) is 2. The summed E-state index contributed by atoms with van der Waals surface area (Å²) in [4.78, 5) is 16.3. The first-order valence-corrected chi connectivity index (χ1v) is 8.69. The predicted molar refractivity (Wildman–Crippen MR) is 97.3 cm³/mol. The zero-order valence-electron chi connectivity index (χ0n) is 15.5. The lowest BCUT2D eigenvalue weighted by molar-refractivity contribution is -0.131. The molecule has 1 aromatic rings. The fraction of sp³-hybridized carbons (Fsp3) is 0.632. The monoisotopic (exact) mass is 333 g/mol. The standard InChI is InChI=1S/C19H31N3O2/c1-15-9-16(2)11-17(10-15)24-8-7-21(4)18(23)12-22-6-5-19(3,13-20)14-22/h9-11H,5-8,12-14,20H2,1-4H3. The van der Waals surface area contributed by atoms with Gasteiger partial charge in [-0.05, 0) is 62.0 Å². The van der Waals surface area contributed by atoms with Crippen LogP contribution in [-0.2, 0) is 4.79 Å². The molecule has 1 saturated heterocycles. The first-order valence-electron chi connectivity index (χ1n) is 8.69. The molecular formula is C19H31N3O2. The van der Waals surface area contributed by atoms with E-state index in [0.717, 1.165) is 25.3 Å². The first kappa shape index (κ1) is 18.7. The van der Waals surface area contributed by atoms with Gasteiger partial charge in [-0.3, -0.25) is 9.69 Å². The molecule has 0 radical (unpaired) electrons. The van der Waals surface area contributed by atoms with E-state index in [-0.39, 0.29) is 11.3 Å². The van der Waals surface area contributed by atoms with E-state index in [1.807, 2.05) is 19.2 Å². The number of amides is 1. The van der Waals surface area contributed by atoms with Gasteiger partial charge in [0.15, 0.2) is 0 Å². The molecule has 1 aromatic carbocycles. The Morgan fingerprint density at radius 1 is 1.33 bits per heavy atom. The number of likely N-dealkylation sites (tertiary alicyclic amines) is 1. The van der Waals surface area contributed by atoms with E-state index in [4.69, 9.17) is 10.5 Å². The molecule has 1 unspecified atom stereocenters. The van der Waals surface area contributed by atoms with Crippen LogP contribution in [0.3, 0.4) is 0 Å². The van der Waals surface area contributed by atoms with Crippen LogP contribution in [-0.4, -0.2) is 62.1 Å². The van der Waals surface area contributed by atoms with Crippen molar-refractivity contribution >= 4 is 5.91 Å². The molecule has 2 rings (SSSR count). The minimum absolute atomic E-state index is 0.139. The van der Waals surface area contributed by atoms with E-state index in [9.17, 15) is 4.79 Å². The molecule has 1 amide bonds. The zero-order chi connectivity index (χ0) is 17.7. The fourth-order valence-electron chi connectivity index (χ4n) is 3.18. The van der Waals surface area contributed by atoms with Crippen molar-refractivity contribution in [1.82, 2.24) is 9.80 Å². The van der Waals surface area contributed by atoms with Gasteiger partial charge < -0.3 is 15.4 Å². The first-order chi connectivity index (χ1) is 11.3. The fourth-order valence-corrected chi connectivity index (χ4v) is 3.18. The van der Waals surface area contributed by atoms with Crippen LogP contribution < -0.4 is 10.5 Å². The molecule has 5 heteroatoms. The van der Waals surface area contributed by atoms with Crippen LogP contribution in [0.2, 0.25) is 0 Å². The summed E-state index contributed by atoms with van der Waals surface area (Å²) in [5.74, 6) is 1.01. The van der Waals surface area contributed by atoms with Crippen LogP contribution in [0.4, 0.5) is 0 Å². The Labute approximate surface area is 145 Å². The van der Waals surface area contributed by atoms with Gasteiger partial charge in [0.25, 0.3) is 0 Å². The maximum absolute atomic E-state index is 12.3. The highest BCUT2D eigenvalue weighted by atomic mass is 16.5. The predicted octanol–water partition coefficient (Wildman–Crippen LogP) is 1.81. The summed E-state index contributed by atoms with van der Waals surface area (Å²) in [6.07, 6.45) is 1.07. The maximum Gasteiger partial charge on any atom is 0.236 e. The lowest BCUT2D eigenvalue weighted by atomic mass is 9.90. The minimum Gasteiger partial charge on any atom is -0.492 e. The maximum atomic E-state index is 12.3. The third kappa shape index (κ3) is 5.21. The van der Waals surface area contributed by atoms with Crippen LogP contribution in [0.25, 0.3) is 0 Å². The summed E-state index contributed by atoms with van der Waals surface area (Å²) in [5.41, 5.74) is 8.36. The number of hydrogen-bond acceptors (Lipinski definition) is 4. The molecule has 0 spiro atoms. The smallest absolute Gasteiger partial charge is 0.236 e. The van der Waals surface area contributed by atoms with Crippen LogP contribution in [0, 0.1) is 19.3 Å².